The molecule has 2 fully saturated rings. The molecule has 0 spiro atoms. The molecule has 0 aromatic rings. The van der Waals surface area contributed by atoms with E-state index in [1.54, 1.807) is 5.57 Å². The van der Waals surface area contributed by atoms with Gasteiger partial charge < -0.3 is 10.1 Å². The molecule has 0 unspecified atom stereocenters. The van der Waals surface area contributed by atoms with Gasteiger partial charge in [0.2, 0.25) is 5.91 Å². The van der Waals surface area contributed by atoms with Crippen molar-refractivity contribution in [2.75, 3.05) is 19.8 Å². The Hall–Kier alpha value is -0.830. The third-order valence-corrected chi connectivity index (χ3v) is 5.89. The minimum atomic E-state index is 0.175. The average molecular weight is 277 g/mol. The summed E-state index contributed by atoms with van der Waals surface area (Å²) in [5, 5.41) is 3.13. The van der Waals surface area contributed by atoms with E-state index >= 15 is 0 Å². The van der Waals surface area contributed by atoms with E-state index in [4.69, 9.17) is 4.74 Å². The van der Waals surface area contributed by atoms with E-state index in [0.717, 1.165) is 50.9 Å². The average Bonchev–Trinajstić information content (AvgIpc) is 2.48. The topological polar surface area (TPSA) is 38.3 Å². The normalized spacial score (nSPS) is 32.2. The van der Waals surface area contributed by atoms with Crippen LogP contribution in [-0.4, -0.2) is 25.7 Å². The summed E-state index contributed by atoms with van der Waals surface area (Å²) in [6.07, 6.45) is 7.84. The van der Waals surface area contributed by atoms with Crippen molar-refractivity contribution in [3.63, 3.8) is 0 Å². The highest BCUT2D eigenvalue weighted by Gasteiger charge is 2.50. The second-order valence-electron chi connectivity index (χ2n) is 7.25. The van der Waals surface area contributed by atoms with Crippen molar-refractivity contribution in [3.8, 4) is 0 Å². The first-order valence-corrected chi connectivity index (χ1v) is 8.13. The van der Waals surface area contributed by atoms with E-state index < -0.39 is 0 Å². The summed E-state index contributed by atoms with van der Waals surface area (Å²) in [6, 6.07) is 0. The molecule has 0 aromatic heterocycles. The van der Waals surface area contributed by atoms with E-state index in [2.05, 4.69) is 25.2 Å². The number of nitrogens with one attached hydrogen (secondary N) is 1. The van der Waals surface area contributed by atoms with Gasteiger partial charge in [-0.2, -0.15) is 0 Å². The molecule has 4 rings (SSSR count). The largest absolute Gasteiger partial charge is 0.381 e. The van der Waals surface area contributed by atoms with Gasteiger partial charge >= 0.3 is 0 Å². The van der Waals surface area contributed by atoms with Crippen LogP contribution in [0.5, 0.6) is 0 Å². The van der Waals surface area contributed by atoms with Crippen molar-refractivity contribution in [2.24, 2.45) is 23.2 Å². The molecular formula is C17H27NO2. The summed E-state index contributed by atoms with van der Waals surface area (Å²) in [6.45, 7) is 7.08. The van der Waals surface area contributed by atoms with Crippen LogP contribution in [0.1, 0.15) is 46.0 Å². The highest BCUT2D eigenvalue weighted by molar-refractivity contribution is 5.78. The molecular weight excluding hydrogens is 250 g/mol. The molecule has 2 bridgehead atoms. The zero-order valence-electron chi connectivity index (χ0n) is 12.8. The number of carbonyl (C=O) groups is 1. The Balaban J connectivity index is 1.44. The van der Waals surface area contributed by atoms with E-state index in [0.29, 0.717) is 5.41 Å². The van der Waals surface area contributed by atoms with Gasteiger partial charge in [-0.3, -0.25) is 4.79 Å². The molecule has 1 saturated heterocycles. The van der Waals surface area contributed by atoms with Crippen molar-refractivity contribution in [3.05, 3.63) is 11.6 Å². The smallest absolute Gasteiger partial charge is 0.223 e. The summed E-state index contributed by atoms with van der Waals surface area (Å²) in [7, 11) is 0. The summed E-state index contributed by atoms with van der Waals surface area (Å²) in [5.74, 6) is 2.07. The first-order chi connectivity index (χ1) is 9.59. The van der Waals surface area contributed by atoms with E-state index in [-0.39, 0.29) is 11.8 Å². The molecule has 3 aliphatic carbocycles. The second-order valence-corrected chi connectivity index (χ2v) is 7.25. The van der Waals surface area contributed by atoms with Crippen LogP contribution in [0.25, 0.3) is 0 Å². The molecule has 3 heteroatoms. The van der Waals surface area contributed by atoms with Gasteiger partial charge in [-0.15, -0.1) is 0 Å². The monoisotopic (exact) mass is 277 g/mol. The Morgan fingerprint density at radius 2 is 2.15 bits per heavy atom. The van der Waals surface area contributed by atoms with E-state index in [9.17, 15) is 4.79 Å². The van der Waals surface area contributed by atoms with Gasteiger partial charge in [-0.25, -0.2) is 0 Å². The van der Waals surface area contributed by atoms with Gasteiger partial charge in [0.05, 0.1) is 0 Å². The Bertz CT molecular complexity index is 407. The standard InChI is InChI=1S/C17H27NO2/c1-17(2)14-4-3-12(15(17)11-14)5-8-18-16(19)13-6-9-20-10-7-13/h3,13-15H,4-11H2,1-2H3,(H,18,19)/t14-,15-/m0/s1. The first kappa shape index (κ1) is 14.1. The summed E-state index contributed by atoms with van der Waals surface area (Å²) >= 11 is 0. The molecule has 1 saturated carbocycles. The number of hydrogen-bond acceptors (Lipinski definition) is 2. The lowest BCUT2D eigenvalue weighted by Crippen LogP contribution is -2.48. The van der Waals surface area contributed by atoms with Crippen LogP contribution >= 0.6 is 0 Å². The van der Waals surface area contributed by atoms with Gasteiger partial charge in [-0.05, 0) is 49.4 Å². The minimum Gasteiger partial charge on any atom is -0.381 e. The third-order valence-electron chi connectivity index (χ3n) is 5.89. The zero-order chi connectivity index (χ0) is 14.2. The number of hydrogen-bond donors (Lipinski definition) is 1. The fourth-order valence-electron chi connectivity index (χ4n) is 4.19. The summed E-state index contributed by atoms with van der Waals surface area (Å²) in [4.78, 5) is 12.1. The SMILES string of the molecule is CC1(C)[C@H]2CC=C(CCNC(=O)C3CCOCC3)[C@@H]1C2. The minimum absolute atomic E-state index is 0.175. The van der Waals surface area contributed by atoms with Crippen molar-refractivity contribution in [2.45, 2.75) is 46.0 Å². The van der Waals surface area contributed by atoms with Crippen LogP contribution in [0, 0.1) is 23.2 Å². The molecule has 1 aliphatic heterocycles. The molecule has 2 atom stereocenters. The van der Waals surface area contributed by atoms with Crippen LogP contribution in [0.4, 0.5) is 0 Å². The Morgan fingerprint density at radius 3 is 2.80 bits per heavy atom. The molecule has 20 heavy (non-hydrogen) atoms. The van der Waals surface area contributed by atoms with Gasteiger partial charge in [-0.1, -0.05) is 25.5 Å². The molecule has 0 aromatic carbocycles. The Morgan fingerprint density at radius 1 is 1.40 bits per heavy atom. The van der Waals surface area contributed by atoms with Crippen molar-refractivity contribution >= 4 is 5.91 Å². The second kappa shape index (κ2) is 5.51. The maximum Gasteiger partial charge on any atom is 0.223 e. The predicted octanol–water partition coefficient (Wildman–Crippen LogP) is 2.91. The zero-order valence-corrected chi connectivity index (χ0v) is 12.8. The number of carbonyl (C=O) groups excluding carboxylic acids is 1. The van der Waals surface area contributed by atoms with E-state index in [1.807, 2.05) is 0 Å². The van der Waals surface area contributed by atoms with Gasteiger partial charge in [0, 0.05) is 25.7 Å². The van der Waals surface area contributed by atoms with Crippen LogP contribution in [0.2, 0.25) is 0 Å². The van der Waals surface area contributed by atoms with Gasteiger partial charge in [0.15, 0.2) is 0 Å². The van der Waals surface area contributed by atoms with Crippen LogP contribution < -0.4 is 5.32 Å². The fourth-order valence-corrected chi connectivity index (χ4v) is 4.19. The molecule has 1 amide bonds. The molecule has 1 N–H and O–H groups in total. The number of ether oxygens (including phenoxy) is 1. The van der Waals surface area contributed by atoms with E-state index in [1.165, 1.54) is 12.8 Å². The number of fused-ring (bicyclic) bond motifs is 1. The lowest BCUT2D eigenvalue weighted by atomic mass is 9.48. The van der Waals surface area contributed by atoms with Crippen LogP contribution in [-0.2, 0) is 9.53 Å². The van der Waals surface area contributed by atoms with Crippen molar-refractivity contribution in [1.82, 2.24) is 5.32 Å². The highest BCUT2D eigenvalue weighted by atomic mass is 16.5. The van der Waals surface area contributed by atoms with Crippen molar-refractivity contribution < 1.29 is 9.53 Å². The summed E-state index contributed by atoms with van der Waals surface area (Å²) < 4.78 is 5.30. The number of amides is 1. The Labute approximate surface area is 122 Å². The molecule has 0 radical (unpaired) electrons. The lowest BCUT2D eigenvalue weighted by Gasteiger charge is -2.56. The summed E-state index contributed by atoms with van der Waals surface area (Å²) in [5.41, 5.74) is 2.08. The first-order valence-electron chi connectivity index (χ1n) is 8.13. The maximum atomic E-state index is 12.1. The Kier molecular flexibility index (Phi) is 3.89. The number of rotatable bonds is 4. The maximum absolute atomic E-state index is 12.1. The van der Waals surface area contributed by atoms with Crippen molar-refractivity contribution in [1.29, 1.82) is 0 Å². The van der Waals surface area contributed by atoms with Gasteiger partial charge in [0.1, 0.15) is 0 Å². The quantitative estimate of drug-likeness (QED) is 0.802. The van der Waals surface area contributed by atoms with Crippen LogP contribution in [0.15, 0.2) is 11.6 Å². The van der Waals surface area contributed by atoms with Crippen LogP contribution in [0.3, 0.4) is 0 Å². The molecule has 3 nitrogen and oxygen atoms in total. The third kappa shape index (κ3) is 2.52. The molecule has 112 valence electrons. The number of allylic oxidation sites excluding steroid dienone is 1. The van der Waals surface area contributed by atoms with Gasteiger partial charge in [0.25, 0.3) is 0 Å². The molecule has 4 aliphatic rings. The lowest BCUT2D eigenvalue weighted by molar-refractivity contribution is -0.127. The molecule has 1 heterocycles. The fraction of sp³-hybridized carbons (Fsp3) is 0.824. The highest BCUT2D eigenvalue weighted by Crippen LogP contribution is 2.59. The predicted molar refractivity (Wildman–Crippen MR) is 79.2 cm³/mol.